The van der Waals surface area contributed by atoms with E-state index in [0.29, 0.717) is 0 Å². The smallest absolute Gasteiger partial charge is 0.227 e. The van der Waals surface area contributed by atoms with Crippen molar-refractivity contribution in [3.63, 3.8) is 0 Å². The van der Waals surface area contributed by atoms with Crippen molar-refractivity contribution in [1.82, 2.24) is 15.0 Å². The minimum atomic E-state index is 0.0529. The van der Waals surface area contributed by atoms with Gasteiger partial charge in [0, 0.05) is 44.8 Å². The van der Waals surface area contributed by atoms with Crippen LogP contribution >= 0.6 is 0 Å². The maximum absolute atomic E-state index is 12.4. The van der Waals surface area contributed by atoms with Crippen molar-refractivity contribution in [2.24, 2.45) is 11.7 Å². The molecule has 2 N–H and O–H groups in total. The minimum Gasteiger partial charge on any atom is -0.364 e. The van der Waals surface area contributed by atoms with E-state index in [4.69, 9.17) is 10.3 Å². The predicted octanol–water partition coefficient (Wildman–Crippen LogP) is 0.446. The van der Waals surface area contributed by atoms with Gasteiger partial charge in [0.25, 0.3) is 0 Å². The molecule has 2 atom stereocenters. The summed E-state index contributed by atoms with van der Waals surface area (Å²) in [5.41, 5.74) is 6.97. The molecule has 1 saturated carbocycles. The first-order chi connectivity index (χ1) is 9.74. The Kier molecular flexibility index (Phi) is 4.03. The standard InChI is InChI=1S/C14H22N4O2/c15-13-3-1-2-12(13)14(19)18-7-5-17(6-8-18)10-11-4-9-20-16-11/h4,9,12-13H,1-3,5-8,10,15H2. The molecule has 6 nitrogen and oxygen atoms in total. The van der Waals surface area contributed by atoms with Crippen molar-refractivity contribution >= 4 is 5.91 Å². The van der Waals surface area contributed by atoms with Gasteiger partial charge in [-0.15, -0.1) is 0 Å². The molecule has 1 saturated heterocycles. The van der Waals surface area contributed by atoms with Gasteiger partial charge < -0.3 is 15.2 Å². The molecular weight excluding hydrogens is 256 g/mol. The van der Waals surface area contributed by atoms with Crippen LogP contribution in [0.25, 0.3) is 0 Å². The van der Waals surface area contributed by atoms with E-state index in [9.17, 15) is 4.79 Å². The number of hydrogen-bond acceptors (Lipinski definition) is 5. The Morgan fingerprint density at radius 1 is 1.35 bits per heavy atom. The van der Waals surface area contributed by atoms with E-state index >= 15 is 0 Å². The minimum absolute atomic E-state index is 0.0529. The van der Waals surface area contributed by atoms with Crippen LogP contribution in [-0.4, -0.2) is 53.1 Å². The van der Waals surface area contributed by atoms with Crippen molar-refractivity contribution in [2.75, 3.05) is 26.2 Å². The predicted molar refractivity (Wildman–Crippen MR) is 73.7 cm³/mol. The summed E-state index contributed by atoms with van der Waals surface area (Å²) in [6.45, 7) is 4.16. The van der Waals surface area contributed by atoms with Gasteiger partial charge >= 0.3 is 0 Å². The Morgan fingerprint density at radius 2 is 2.15 bits per heavy atom. The first kappa shape index (κ1) is 13.6. The molecule has 0 radical (unpaired) electrons. The highest BCUT2D eigenvalue weighted by Gasteiger charge is 2.34. The molecular formula is C14H22N4O2. The number of carbonyl (C=O) groups excluding carboxylic acids is 1. The fourth-order valence-corrected chi connectivity index (χ4v) is 3.20. The highest BCUT2D eigenvalue weighted by atomic mass is 16.5. The summed E-state index contributed by atoms with van der Waals surface area (Å²) in [5, 5.41) is 3.92. The molecule has 0 bridgehead atoms. The SMILES string of the molecule is NC1CCCC1C(=O)N1CCN(Cc2ccon2)CC1. The zero-order valence-corrected chi connectivity index (χ0v) is 11.7. The van der Waals surface area contributed by atoms with Gasteiger partial charge in [0.2, 0.25) is 5.91 Å². The van der Waals surface area contributed by atoms with Crippen molar-refractivity contribution in [1.29, 1.82) is 0 Å². The third kappa shape index (κ3) is 2.86. The Morgan fingerprint density at radius 3 is 2.75 bits per heavy atom. The summed E-state index contributed by atoms with van der Waals surface area (Å²) in [4.78, 5) is 16.7. The van der Waals surface area contributed by atoms with Gasteiger partial charge in [-0.25, -0.2) is 0 Å². The Balaban J connectivity index is 1.49. The summed E-state index contributed by atoms with van der Waals surface area (Å²) in [6, 6.07) is 1.95. The highest BCUT2D eigenvalue weighted by Crippen LogP contribution is 2.26. The molecule has 0 aromatic carbocycles. The summed E-state index contributed by atoms with van der Waals surface area (Å²) >= 11 is 0. The maximum atomic E-state index is 12.4. The Labute approximate surface area is 118 Å². The van der Waals surface area contributed by atoms with E-state index in [1.165, 1.54) is 0 Å². The number of rotatable bonds is 3. The van der Waals surface area contributed by atoms with Crippen LogP contribution in [0.4, 0.5) is 0 Å². The molecule has 2 fully saturated rings. The lowest BCUT2D eigenvalue weighted by atomic mass is 10.0. The molecule has 1 amide bonds. The van der Waals surface area contributed by atoms with Crippen LogP contribution in [0, 0.1) is 5.92 Å². The van der Waals surface area contributed by atoms with Crippen LogP contribution in [0.1, 0.15) is 25.0 Å². The molecule has 2 unspecified atom stereocenters. The van der Waals surface area contributed by atoms with E-state index in [1.54, 1.807) is 6.26 Å². The molecule has 3 rings (SSSR count). The number of carbonyl (C=O) groups is 1. The molecule has 110 valence electrons. The molecule has 2 aliphatic rings. The highest BCUT2D eigenvalue weighted by molar-refractivity contribution is 5.80. The molecule has 1 aromatic heterocycles. The average molecular weight is 278 g/mol. The van der Waals surface area contributed by atoms with Gasteiger partial charge in [-0.3, -0.25) is 9.69 Å². The monoisotopic (exact) mass is 278 g/mol. The third-order valence-corrected chi connectivity index (χ3v) is 4.45. The first-order valence-corrected chi connectivity index (χ1v) is 7.40. The van der Waals surface area contributed by atoms with Crippen molar-refractivity contribution in [3.8, 4) is 0 Å². The molecule has 1 aromatic rings. The quantitative estimate of drug-likeness (QED) is 0.868. The van der Waals surface area contributed by atoms with Gasteiger partial charge in [-0.2, -0.15) is 0 Å². The van der Waals surface area contributed by atoms with Gasteiger partial charge in [-0.1, -0.05) is 11.6 Å². The van der Waals surface area contributed by atoms with Gasteiger partial charge in [0.1, 0.15) is 6.26 Å². The fourth-order valence-electron chi connectivity index (χ4n) is 3.20. The summed E-state index contributed by atoms with van der Waals surface area (Å²) in [7, 11) is 0. The number of nitrogens with zero attached hydrogens (tertiary/aromatic N) is 3. The van der Waals surface area contributed by atoms with Crippen LogP contribution in [0.5, 0.6) is 0 Å². The number of hydrogen-bond donors (Lipinski definition) is 1. The second kappa shape index (κ2) is 5.93. The summed E-state index contributed by atoms with van der Waals surface area (Å²) < 4.78 is 4.84. The summed E-state index contributed by atoms with van der Waals surface area (Å²) in [5.74, 6) is 0.313. The largest absolute Gasteiger partial charge is 0.364 e. The molecule has 0 spiro atoms. The third-order valence-electron chi connectivity index (χ3n) is 4.45. The molecule has 2 heterocycles. The van der Waals surface area contributed by atoms with E-state index in [2.05, 4.69) is 10.1 Å². The van der Waals surface area contributed by atoms with Crippen molar-refractivity contribution < 1.29 is 9.32 Å². The van der Waals surface area contributed by atoms with Gasteiger partial charge in [0.05, 0.1) is 11.6 Å². The lowest BCUT2D eigenvalue weighted by molar-refractivity contribution is -0.137. The van der Waals surface area contributed by atoms with Crippen molar-refractivity contribution in [2.45, 2.75) is 31.8 Å². The molecule has 6 heteroatoms. The second-order valence-electron chi connectivity index (χ2n) is 5.79. The topological polar surface area (TPSA) is 75.6 Å². The zero-order chi connectivity index (χ0) is 13.9. The first-order valence-electron chi connectivity index (χ1n) is 7.40. The maximum Gasteiger partial charge on any atom is 0.227 e. The van der Waals surface area contributed by atoms with E-state index < -0.39 is 0 Å². The van der Waals surface area contributed by atoms with E-state index in [0.717, 1.165) is 57.7 Å². The second-order valence-corrected chi connectivity index (χ2v) is 5.79. The summed E-state index contributed by atoms with van der Waals surface area (Å²) in [6.07, 6.45) is 4.63. The van der Waals surface area contributed by atoms with Gasteiger partial charge in [-0.05, 0) is 12.8 Å². The number of piperazine rings is 1. The average Bonchev–Trinajstić information content (AvgIpc) is 3.10. The van der Waals surface area contributed by atoms with Crippen LogP contribution < -0.4 is 5.73 Å². The Hall–Kier alpha value is -1.40. The van der Waals surface area contributed by atoms with Crippen LogP contribution in [0.15, 0.2) is 16.9 Å². The number of aromatic nitrogens is 1. The molecule has 1 aliphatic carbocycles. The molecule has 1 aliphatic heterocycles. The van der Waals surface area contributed by atoms with E-state index in [1.807, 2.05) is 11.0 Å². The van der Waals surface area contributed by atoms with Crippen LogP contribution in [-0.2, 0) is 11.3 Å². The number of nitrogens with two attached hydrogens (primary N) is 1. The van der Waals surface area contributed by atoms with Crippen LogP contribution in [0.2, 0.25) is 0 Å². The zero-order valence-electron chi connectivity index (χ0n) is 11.7. The lowest BCUT2D eigenvalue weighted by Gasteiger charge is -2.36. The fraction of sp³-hybridized carbons (Fsp3) is 0.714. The van der Waals surface area contributed by atoms with Gasteiger partial charge in [0.15, 0.2) is 0 Å². The normalized spacial score (nSPS) is 27.9. The van der Waals surface area contributed by atoms with Crippen LogP contribution in [0.3, 0.4) is 0 Å². The van der Waals surface area contributed by atoms with Crippen molar-refractivity contribution in [3.05, 3.63) is 18.0 Å². The number of amides is 1. The lowest BCUT2D eigenvalue weighted by Crippen LogP contribution is -2.51. The Bertz CT molecular complexity index is 440. The molecule has 20 heavy (non-hydrogen) atoms. The van der Waals surface area contributed by atoms with E-state index in [-0.39, 0.29) is 17.9 Å².